The number of carbonyl (C=O) groups is 1. The number of nitrogens with zero attached hydrogens (tertiary/aromatic N) is 1. The van der Waals surface area contributed by atoms with Crippen LogP contribution in [0.4, 0.5) is 0 Å². The van der Waals surface area contributed by atoms with E-state index in [1.165, 1.54) is 18.4 Å². The maximum Gasteiger partial charge on any atom is 0.227 e. The molecular weight excluding hydrogens is 236 g/mol. The van der Waals surface area contributed by atoms with E-state index < -0.39 is 0 Å². The van der Waals surface area contributed by atoms with Crippen molar-refractivity contribution in [1.29, 1.82) is 0 Å². The number of hydrogen-bond acceptors (Lipinski definition) is 2. The molecule has 2 aliphatic rings. The highest BCUT2D eigenvalue weighted by atomic mass is 16.2. The van der Waals surface area contributed by atoms with E-state index in [0.717, 1.165) is 37.4 Å². The second kappa shape index (κ2) is 5.33. The van der Waals surface area contributed by atoms with Crippen LogP contribution >= 0.6 is 0 Å². The van der Waals surface area contributed by atoms with E-state index in [2.05, 4.69) is 24.3 Å². The summed E-state index contributed by atoms with van der Waals surface area (Å²) in [4.78, 5) is 14.1. The molecule has 1 saturated carbocycles. The molecule has 1 atom stereocenters. The molecule has 0 unspecified atom stereocenters. The summed E-state index contributed by atoms with van der Waals surface area (Å²) in [7, 11) is 0. The summed E-state index contributed by atoms with van der Waals surface area (Å²) >= 11 is 0. The van der Waals surface area contributed by atoms with Crippen LogP contribution in [0.15, 0.2) is 24.3 Å². The van der Waals surface area contributed by atoms with Crippen molar-refractivity contribution in [2.45, 2.75) is 44.1 Å². The summed E-state index contributed by atoms with van der Waals surface area (Å²) < 4.78 is 0. The molecule has 0 bridgehead atoms. The van der Waals surface area contributed by atoms with Gasteiger partial charge < -0.3 is 10.6 Å². The molecule has 1 heterocycles. The molecule has 19 heavy (non-hydrogen) atoms. The van der Waals surface area contributed by atoms with E-state index in [0.29, 0.717) is 6.42 Å². The average Bonchev–Trinajstić information content (AvgIpc) is 3.24. The predicted molar refractivity (Wildman–Crippen MR) is 75.9 cm³/mol. The van der Waals surface area contributed by atoms with Crippen LogP contribution in [0, 0.1) is 0 Å². The van der Waals surface area contributed by atoms with Crippen LogP contribution in [0.25, 0.3) is 0 Å². The van der Waals surface area contributed by atoms with Gasteiger partial charge in [0.25, 0.3) is 0 Å². The first kappa shape index (κ1) is 12.7. The lowest BCUT2D eigenvalue weighted by molar-refractivity contribution is -0.131. The molecule has 2 N–H and O–H groups in total. The lowest BCUT2D eigenvalue weighted by Gasteiger charge is -2.30. The van der Waals surface area contributed by atoms with Crippen LogP contribution < -0.4 is 5.73 Å². The summed E-state index contributed by atoms with van der Waals surface area (Å²) in [5, 5.41) is 0. The zero-order chi connectivity index (χ0) is 13.2. The van der Waals surface area contributed by atoms with Crippen LogP contribution in [0.1, 0.15) is 42.7 Å². The Bertz CT molecular complexity index is 450. The maximum absolute atomic E-state index is 12.2. The second-order valence-electron chi connectivity index (χ2n) is 5.93. The van der Waals surface area contributed by atoms with Gasteiger partial charge in [0.1, 0.15) is 0 Å². The highest BCUT2D eigenvalue weighted by Gasteiger charge is 2.24. The van der Waals surface area contributed by atoms with E-state index >= 15 is 0 Å². The van der Waals surface area contributed by atoms with E-state index in [-0.39, 0.29) is 11.9 Å². The van der Waals surface area contributed by atoms with E-state index in [4.69, 9.17) is 5.73 Å². The smallest absolute Gasteiger partial charge is 0.227 e. The van der Waals surface area contributed by atoms with Gasteiger partial charge in [-0.3, -0.25) is 4.79 Å². The first-order valence-electron chi connectivity index (χ1n) is 7.34. The van der Waals surface area contributed by atoms with Gasteiger partial charge in [-0.25, -0.2) is 0 Å². The molecule has 1 aromatic carbocycles. The van der Waals surface area contributed by atoms with Crippen molar-refractivity contribution in [3.8, 4) is 0 Å². The van der Waals surface area contributed by atoms with Crippen molar-refractivity contribution >= 4 is 5.91 Å². The van der Waals surface area contributed by atoms with E-state index in [9.17, 15) is 4.79 Å². The van der Waals surface area contributed by atoms with E-state index in [1.54, 1.807) is 0 Å². The molecular formula is C16H22N2O. The predicted octanol–water partition coefficient (Wildman–Crippen LogP) is 2.06. The normalized spacial score (nSPS) is 23.4. The van der Waals surface area contributed by atoms with Crippen LogP contribution in [0.2, 0.25) is 0 Å². The van der Waals surface area contributed by atoms with Crippen molar-refractivity contribution in [3.63, 3.8) is 0 Å². The second-order valence-corrected chi connectivity index (χ2v) is 5.93. The van der Waals surface area contributed by atoms with Crippen LogP contribution in [0.5, 0.6) is 0 Å². The Morgan fingerprint density at radius 3 is 2.58 bits per heavy atom. The standard InChI is InChI=1S/C16H22N2O/c17-15-2-1-9-18(11-15)16(19)10-12-3-5-13(6-4-12)14-7-8-14/h3-6,14-15H,1-2,7-11,17H2/t15-/m1/s1. The number of hydrogen-bond donors (Lipinski definition) is 1. The Labute approximate surface area is 114 Å². The largest absolute Gasteiger partial charge is 0.341 e. The molecule has 3 rings (SSSR count). The van der Waals surface area contributed by atoms with Crippen molar-refractivity contribution in [3.05, 3.63) is 35.4 Å². The van der Waals surface area contributed by atoms with Crippen molar-refractivity contribution in [2.24, 2.45) is 5.73 Å². The number of rotatable bonds is 3. The highest BCUT2D eigenvalue weighted by molar-refractivity contribution is 5.79. The minimum absolute atomic E-state index is 0.162. The third-order valence-electron chi connectivity index (χ3n) is 4.19. The lowest BCUT2D eigenvalue weighted by atomic mass is 10.0. The summed E-state index contributed by atoms with van der Waals surface area (Å²) in [5.41, 5.74) is 8.47. The minimum atomic E-state index is 0.162. The van der Waals surface area contributed by atoms with Crippen LogP contribution in [-0.2, 0) is 11.2 Å². The fourth-order valence-corrected chi connectivity index (χ4v) is 2.85. The summed E-state index contributed by atoms with van der Waals surface area (Å²) in [6.45, 7) is 1.59. The van der Waals surface area contributed by atoms with Crippen LogP contribution in [0.3, 0.4) is 0 Å². The molecule has 1 aliphatic heterocycles. The Kier molecular flexibility index (Phi) is 3.56. The Hall–Kier alpha value is -1.35. The van der Waals surface area contributed by atoms with Crippen molar-refractivity contribution in [2.75, 3.05) is 13.1 Å². The molecule has 3 heteroatoms. The molecule has 0 aromatic heterocycles. The molecule has 1 aliphatic carbocycles. The molecule has 102 valence electrons. The number of amides is 1. The van der Waals surface area contributed by atoms with Crippen molar-refractivity contribution < 1.29 is 4.79 Å². The number of carbonyl (C=O) groups excluding carboxylic acids is 1. The average molecular weight is 258 g/mol. The molecule has 1 amide bonds. The summed E-state index contributed by atoms with van der Waals surface area (Å²) in [6.07, 6.45) is 5.24. The van der Waals surface area contributed by atoms with Gasteiger partial charge in [0.15, 0.2) is 0 Å². The lowest BCUT2D eigenvalue weighted by Crippen LogP contribution is -2.46. The molecule has 0 radical (unpaired) electrons. The Morgan fingerprint density at radius 1 is 1.21 bits per heavy atom. The van der Waals surface area contributed by atoms with Gasteiger partial charge in [-0.05, 0) is 42.7 Å². The molecule has 3 nitrogen and oxygen atoms in total. The number of piperidine rings is 1. The Morgan fingerprint density at radius 2 is 1.95 bits per heavy atom. The van der Waals surface area contributed by atoms with E-state index in [1.807, 2.05) is 4.90 Å². The molecule has 2 fully saturated rings. The molecule has 1 saturated heterocycles. The summed E-state index contributed by atoms with van der Waals surface area (Å²) in [5.74, 6) is 0.999. The van der Waals surface area contributed by atoms with Crippen LogP contribution in [-0.4, -0.2) is 29.9 Å². The third kappa shape index (κ3) is 3.16. The fourth-order valence-electron chi connectivity index (χ4n) is 2.85. The third-order valence-corrected chi connectivity index (χ3v) is 4.19. The molecule has 0 spiro atoms. The molecule has 1 aromatic rings. The maximum atomic E-state index is 12.2. The van der Waals surface area contributed by atoms with Gasteiger partial charge >= 0.3 is 0 Å². The fraction of sp³-hybridized carbons (Fsp3) is 0.562. The number of nitrogens with two attached hydrogens (primary N) is 1. The number of likely N-dealkylation sites (tertiary alicyclic amines) is 1. The van der Waals surface area contributed by atoms with Gasteiger partial charge in [0, 0.05) is 19.1 Å². The topological polar surface area (TPSA) is 46.3 Å². The SMILES string of the molecule is N[C@@H]1CCCN(C(=O)Cc2ccc(C3CC3)cc2)C1. The quantitative estimate of drug-likeness (QED) is 0.902. The van der Waals surface area contributed by atoms with Gasteiger partial charge in [-0.15, -0.1) is 0 Å². The Balaban J connectivity index is 1.58. The zero-order valence-corrected chi connectivity index (χ0v) is 11.3. The van der Waals surface area contributed by atoms with Gasteiger partial charge in [-0.1, -0.05) is 24.3 Å². The first-order valence-corrected chi connectivity index (χ1v) is 7.34. The van der Waals surface area contributed by atoms with Gasteiger partial charge in [0.2, 0.25) is 5.91 Å². The first-order chi connectivity index (χ1) is 9.22. The highest BCUT2D eigenvalue weighted by Crippen LogP contribution is 2.39. The summed E-state index contributed by atoms with van der Waals surface area (Å²) in [6, 6.07) is 8.74. The minimum Gasteiger partial charge on any atom is -0.341 e. The van der Waals surface area contributed by atoms with Gasteiger partial charge in [-0.2, -0.15) is 0 Å². The monoisotopic (exact) mass is 258 g/mol. The van der Waals surface area contributed by atoms with Gasteiger partial charge in [0.05, 0.1) is 6.42 Å². The van der Waals surface area contributed by atoms with Crippen molar-refractivity contribution in [1.82, 2.24) is 4.90 Å². The zero-order valence-electron chi connectivity index (χ0n) is 11.3. The number of benzene rings is 1.